The topological polar surface area (TPSA) is 17.1 Å². The molecule has 92 valence electrons. The molecule has 18 heavy (non-hydrogen) atoms. The number of ketones is 1. The molecule has 1 nitrogen and oxygen atoms in total. The highest BCUT2D eigenvalue weighted by Crippen LogP contribution is 2.22. The zero-order valence-electron chi connectivity index (χ0n) is 10.3. The van der Waals surface area contributed by atoms with Crippen molar-refractivity contribution in [3.8, 4) is 0 Å². The summed E-state index contributed by atoms with van der Waals surface area (Å²) in [6.07, 6.45) is 0.611. The number of halogens is 1. The number of carbonyl (C=O) groups is 1. The Labute approximate surface area is 106 Å². The van der Waals surface area contributed by atoms with E-state index in [-0.39, 0.29) is 17.5 Å². The van der Waals surface area contributed by atoms with Crippen LogP contribution >= 0.6 is 0 Å². The predicted octanol–water partition coefficient (Wildman–Crippen LogP) is 3.74. The van der Waals surface area contributed by atoms with Crippen LogP contribution in [0.5, 0.6) is 0 Å². The van der Waals surface area contributed by atoms with Crippen LogP contribution < -0.4 is 0 Å². The summed E-state index contributed by atoms with van der Waals surface area (Å²) < 4.78 is 12.8. The monoisotopic (exact) mass is 242 g/mol. The van der Waals surface area contributed by atoms with E-state index in [0.29, 0.717) is 6.42 Å². The van der Waals surface area contributed by atoms with Crippen LogP contribution in [-0.2, 0) is 11.2 Å². The van der Waals surface area contributed by atoms with Gasteiger partial charge < -0.3 is 0 Å². The van der Waals surface area contributed by atoms with Crippen molar-refractivity contribution in [3.63, 3.8) is 0 Å². The molecule has 2 heteroatoms. The fourth-order valence-corrected chi connectivity index (χ4v) is 2.04. The zero-order chi connectivity index (χ0) is 13.0. The van der Waals surface area contributed by atoms with E-state index < -0.39 is 0 Å². The van der Waals surface area contributed by atoms with E-state index in [1.807, 2.05) is 30.3 Å². The van der Waals surface area contributed by atoms with Gasteiger partial charge in [-0.05, 0) is 36.6 Å². The number of hydrogen-bond donors (Lipinski definition) is 0. The molecule has 0 aromatic heterocycles. The Morgan fingerprint density at radius 2 is 1.67 bits per heavy atom. The Kier molecular flexibility index (Phi) is 3.88. The zero-order valence-corrected chi connectivity index (χ0v) is 10.3. The van der Waals surface area contributed by atoms with Gasteiger partial charge >= 0.3 is 0 Å². The molecule has 2 aromatic carbocycles. The molecule has 0 radical (unpaired) electrons. The first kappa shape index (κ1) is 12.5. The van der Waals surface area contributed by atoms with Crippen LogP contribution in [0.3, 0.4) is 0 Å². The summed E-state index contributed by atoms with van der Waals surface area (Å²) in [5, 5.41) is 0. The van der Waals surface area contributed by atoms with Crippen molar-refractivity contribution < 1.29 is 9.18 Å². The largest absolute Gasteiger partial charge is 0.299 e. The molecule has 1 unspecified atom stereocenters. The highest BCUT2D eigenvalue weighted by atomic mass is 19.1. The molecule has 0 spiro atoms. The lowest BCUT2D eigenvalue weighted by molar-refractivity contribution is -0.118. The number of carbonyl (C=O) groups excluding carboxylic acids is 1. The molecule has 0 heterocycles. The minimum Gasteiger partial charge on any atom is -0.299 e. The SMILES string of the molecule is CC(=O)C(Cc1ccc(F)cc1)c1ccccc1. The molecule has 2 aromatic rings. The van der Waals surface area contributed by atoms with Crippen LogP contribution in [0.25, 0.3) is 0 Å². The average Bonchev–Trinajstić information content (AvgIpc) is 2.38. The van der Waals surface area contributed by atoms with Gasteiger partial charge in [-0.1, -0.05) is 42.5 Å². The van der Waals surface area contributed by atoms with Crippen LogP contribution in [0.4, 0.5) is 4.39 Å². The maximum atomic E-state index is 12.8. The van der Waals surface area contributed by atoms with E-state index >= 15 is 0 Å². The van der Waals surface area contributed by atoms with Crippen molar-refractivity contribution in [2.75, 3.05) is 0 Å². The van der Waals surface area contributed by atoms with Gasteiger partial charge in [0, 0.05) is 5.92 Å². The lowest BCUT2D eigenvalue weighted by Gasteiger charge is -2.14. The summed E-state index contributed by atoms with van der Waals surface area (Å²) in [6.45, 7) is 1.60. The summed E-state index contributed by atoms with van der Waals surface area (Å²) in [4.78, 5) is 11.7. The van der Waals surface area contributed by atoms with Crippen LogP contribution in [0, 0.1) is 5.82 Å². The number of Topliss-reactive ketones (excluding diaryl/α,β-unsaturated/α-hetero) is 1. The van der Waals surface area contributed by atoms with Gasteiger partial charge in [0.25, 0.3) is 0 Å². The molecule has 1 atom stereocenters. The first-order valence-corrected chi connectivity index (χ1v) is 5.96. The van der Waals surface area contributed by atoms with Crippen LogP contribution in [0.2, 0.25) is 0 Å². The van der Waals surface area contributed by atoms with Crippen LogP contribution in [-0.4, -0.2) is 5.78 Å². The van der Waals surface area contributed by atoms with Gasteiger partial charge in [-0.3, -0.25) is 4.79 Å². The molecular weight excluding hydrogens is 227 g/mol. The van der Waals surface area contributed by atoms with Crippen molar-refractivity contribution in [2.45, 2.75) is 19.3 Å². The summed E-state index contributed by atoms with van der Waals surface area (Å²) in [5.41, 5.74) is 1.98. The highest BCUT2D eigenvalue weighted by Gasteiger charge is 2.16. The first-order chi connectivity index (χ1) is 8.66. The molecule has 0 fully saturated rings. The van der Waals surface area contributed by atoms with E-state index in [0.717, 1.165) is 11.1 Å². The van der Waals surface area contributed by atoms with Gasteiger partial charge in [0.1, 0.15) is 11.6 Å². The molecular formula is C16H15FO. The third-order valence-electron chi connectivity index (χ3n) is 3.05. The summed E-state index contributed by atoms with van der Waals surface area (Å²) in [6, 6.07) is 16.0. The van der Waals surface area contributed by atoms with Gasteiger partial charge in [-0.2, -0.15) is 0 Å². The van der Waals surface area contributed by atoms with Crippen molar-refractivity contribution in [2.24, 2.45) is 0 Å². The lowest BCUT2D eigenvalue weighted by atomic mass is 9.89. The standard InChI is InChI=1S/C16H15FO/c1-12(18)16(14-5-3-2-4-6-14)11-13-7-9-15(17)10-8-13/h2-10,16H,11H2,1H3. The highest BCUT2D eigenvalue weighted by molar-refractivity contribution is 5.83. The summed E-state index contributed by atoms with van der Waals surface area (Å²) in [5.74, 6) is -0.278. The third kappa shape index (κ3) is 3.04. The van der Waals surface area contributed by atoms with Crippen LogP contribution in [0.15, 0.2) is 54.6 Å². The van der Waals surface area contributed by atoms with E-state index in [1.165, 1.54) is 12.1 Å². The predicted molar refractivity (Wildman–Crippen MR) is 70.0 cm³/mol. The van der Waals surface area contributed by atoms with Gasteiger partial charge in [0.2, 0.25) is 0 Å². The smallest absolute Gasteiger partial charge is 0.137 e. The molecule has 0 bridgehead atoms. The molecule has 0 saturated carbocycles. The van der Waals surface area contributed by atoms with E-state index in [9.17, 15) is 9.18 Å². The number of benzene rings is 2. The Balaban J connectivity index is 2.22. The Morgan fingerprint density at radius 1 is 1.06 bits per heavy atom. The average molecular weight is 242 g/mol. The van der Waals surface area contributed by atoms with Crippen molar-refractivity contribution in [1.82, 2.24) is 0 Å². The Bertz CT molecular complexity index is 517. The second-order valence-electron chi connectivity index (χ2n) is 4.40. The maximum absolute atomic E-state index is 12.8. The van der Waals surface area contributed by atoms with E-state index in [2.05, 4.69) is 0 Å². The second kappa shape index (κ2) is 5.58. The minimum atomic E-state index is -0.252. The number of hydrogen-bond acceptors (Lipinski definition) is 1. The Morgan fingerprint density at radius 3 is 2.22 bits per heavy atom. The molecule has 0 saturated heterocycles. The quantitative estimate of drug-likeness (QED) is 0.798. The van der Waals surface area contributed by atoms with Gasteiger partial charge in [0.05, 0.1) is 0 Å². The molecule has 0 aliphatic rings. The molecule has 0 aliphatic carbocycles. The van der Waals surface area contributed by atoms with E-state index in [1.54, 1.807) is 19.1 Å². The Hall–Kier alpha value is -1.96. The van der Waals surface area contributed by atoms with Gasteiger partial charge in [-0.15, -0.1) is 0 Å². The fraction of sp³-hybridized carbons (Fsp3) is 0.188. The lowest BCUT2D eigenvalue weighted by Crippen LogP contribution is -2.11. The molecule has 0 aliphatic heterocycles. The van der Waals surface area contributed by atoms with Gasteiger partial charge in [-0.25, -0.2) is 4.39 Å². The number of rotatable bonds is 4. The molecule has 0 amide bonds. The fourth-order valence-electron chi connectivity index (χ4n) is 2.04. The van der Waals surface area contributed by atoms with Crippen molar-refractivity contribution >= 4 is 5.78 Å². The third-order valence-corrected chi connectivity index (χ3v) is 3.05. The minimum absolute atomic E-state index is 0.130. The van der Waals surface area contributed by atoms with Crippen molar-refractivity contribution in [1.29, 1.82) is 0 Å². The molecule has 2 rings (SSSR count). The normalized spacial score (nSPS) is 12.1. The van der Waals surface area contributed by atoms with Gasteiger partial charge in [0.15, 0.2) is 0 Å². The second-order valence-corrected chi connectivity index (χ2v) is 4.40. The summed E-state index contributed by atoms with van der Waals surface area (Å²) >= 11 is 0. The molecule has 0 N–H and O–H groups in total. The van der Waals surface area contributed by atoms with Crippen LogP contribution in [0.1, 0.15) is 24.0 Å². The maximum Gasteiger partial charge on any atom is 0.137 e. The first-order valence-electron chi connectivity index (χ1n) is 5.96. The summed E-state index contributed by atoms with van der Waals surface area (Å²) in [7, 11) is 0. The van der Waals surface area contributed by atoms with E-state index in [4.69, 9.17) is 0 Å². The van der Waals surface area contributed by atoms with Crippen molar-refractivity contribution in [3.05, 3.63) is 71.5 Å².